The molecule has 0 saturated carbocycles. The number of nitrogens with one attached hydrogen (secondary N) is 1. The van der Waals surface area contributed by atoms with Crippen LogP contribution in [0.25, 0.3) is 10.9 Å². The third-order valence-electron chi connectivity index (χ3n) is 5.67. The SMILES string of the molecule is CCOc1ccccc1NC(=O)[C@H](CC)Sc1nc2cc(OC)c(OC)cc2c(=O)n1Cc1ccco1. The van der Waals surface area contributed by atoms with Crippen molar-refractivity contribution in [2.24, 2.45) is 0 Å². The zero-order valence-electron chi connectivity index (χ0n) is 21.1. The highest BCUT2D eigenvalue weighted by molar-refractivity contribution is 8.00. The molecule has 0 aliphatic carbocycles. The molecule has 0 aliphatic rings. The van der Waals surface area contributed by atoms with Gasteiger partial charge in [-0.3, -0.25) is 14.2 Å². The second-order valence-electron chi connectivity index (χ2n) is 8.02. The molecular weight excluding hydrogens is 494 g/mol. The molecule has 0 unspecified atom stereocenters. The van der Waals surface area contributed by atoms with Crippen molar-refractivity contribution in [3.05, 3.63) is 70.9 Å². The van der Waals surface area contributed by atoms with Gasteiger partial charge in [-0.2, -0.15) is 0 Å². The molecule has 1 amide bonds. The molecule has 2 aromatic heterocycles. The number of hydrogen-bond acceptors (Lipinski definition) is 8. The van der Waals surface area contributed by atoms with Crippen LogP contribution in [0.15, 0.2) is 69.2 Å². The van der Waals surface area contributed by atoms with E-state index in [1.807, 2.05) is 26.0 Å². The minimum absolute atomic E-state index is 0.163. The first-order valence-corrected chi connectivity index (χ1v) is 12.7. The summed E-state index contributed by atoms with van der Waals surface area (Å²) in [5, 5.41) is 3.20. The molecule has 0 fully saturated rings. The minimum atomic E-state index is -0.526. The van der Waals surface area contributed by atoms with Crippen molar-refractivity contribution in [3.8, 4) is 17.2 Å². The highest BCUT2D eigenvalue weighted by atomic mass is 32.2. The number of thioether (sulfide) groups is 1. The van der Waals surface area contributed by atoms with Crippen LogP contribution in [-0.4, -0.2) is 41.5 Å². The van der Waals surface area contributed by atoms with Crippen LogP contribution >= 0.6 is 11.8 Å². The van der Waals surface area contributed by atoms with Gasteiger partial charge in [-0.05, 0) is 43.7 Å². The van der Waals surface area contributed by atoms with Crippen molar-refractivity contribution in [1.29, 1.82) is 0 Å². The number of para-hydroxylation sites is 2. The number of ether oxygens (including phenoxy) is 3. The van der Waals surface area contributed by atoms with E-state index < -0.39 is 5.25 Å². The first kappa shape index (κ1) is 26.2. The van der Waals surface area contributed by atoms with Crippen LogP contribution in [0.1, 0.15) is 26.0 Å². The molecule has 0 bridgehead atoms. The van der Waals surface area contributed by atoms with Crippen molar-refractivity contribution < 1.29 is 23.4 Å². The number of rotatable bonds is 11. The van der Waals surface area contributed by atoms with Crippen molar-refractivity contribution in [3.63, 3.8) is 0 Å². The van der Waals surface area contributed by atoms with Gasteiger partial charge in [0.05, 0.1) is 55.5 Å². The molecule has 0 radical (unpaired) electrons. The van der Waals surface area contributed by atoms with Gasteiger partial charge >= 0.3 is 0 Å². The zero-order valence-corrected chi connectivity index (χ0v) is 22.0. The third-order valence-corrected chi connectivity index (χ3v) is 7.03. The maximum Gasteiger partial charge on any atom is 0.262 e. The maximum absolute atomic E-state index is 13.6. The Kier molecular flexibility index (Phi) is 8.39. The molecule has 4 rings (SSSR count). The molecule has 37 heavy (non-hydrogen) atoms. The van der Waals surface area contributed by atoms with Crippen LogP contribution in [0, 0.1) is 0 Å². The van der Waals surface area contributed by atoms with Gasteiger partial charge in [-0.1, -0.05) is 30.8 Å². The molecule has 4 aromatic rings. The minimum Gasteiger partial charge on any atom is -0.493 e. The van der Waals surface area contributed by atoms with E-state index in [0.29, 0.717) is 57.8 Å². The quantitative estimate of drug-likeness (QED) is 0.217. The van der Waals surface area contributed by atoms with Gasteiger partial charge in [0.1, 0.15) is 11.5 Å². The summed E-state index contributed by atoms with van der Waals surface area (Å²) in [6.45, 7) is 4.44. The monoisotopic (exact) mass is 523 g/mol. The number of hydrogen-bond donors (Lipinski definition) is 1. The van der Waals surface area contributed by atoms with Crippen LogP contribution in [0.2, 0.25) is 0 Å². The van der Waals surface area contributed by atoms with Crippen LogP contribution in [0.3, 0.4) is 0 Å². The number of carbonyl (C=O) groups is 1. The van der Waals surface area contributed by atoms with Crippen molar-refractivity contribution in [1.82, 2.24) is 9.55 Å². The van der Waals surface area contributed by atoms with E-state index in [1.165, 1.54) is 30.5 Å². The molecule has 0 spiro atoms. The summed E-state index contributed by atoms with van der Waals surface area (Å²) in [6, 6.07) is 14.1. The lowest BCUT2D eigenvalue weighted by Gasteiger charge is -2.19. The van der Waals surface area contributed by atoms with Crippen LogP contribution in [-0.2, 0) is 11.3 Å². The Morgan fingerprint density at radius 2 is 1.84 bits per heavy atom. The van der Waals surface area contributed by atoms with E-state index in [9.17, 15) is 9.59 Å². The molecule has 0 aliphatic heterocycles. The van der Waals surface area contributed by atoms with Gasteiger partial charge in [0.25, 0.3) is 5.56 Å². The Labute approximate surface area is 218 Å². The standard InChI is InChI=1S/C27H29N3O6S/c1-5-24(25(31)28-19-11-7-8-12-21(19)35-6-2)37-27-29-20-15-23(34-4)22(33-3)14-18(20)26(32)30(27)16-17-10-9-13-36-17/h7-15,24H,5-6,16H2,1-4H3,(H,28,31)/t24-/m0/s1. The first-order valence-electron chi connectivity index (χ1n) is 11.9. The third kappa shape index (κ3) is 5.75. The molecule has 194 valence electrons. The van der Waals surface area contributed by atoms with Gasteiger partial charge in [-0.25, -0.2) is 4.98 Å². The lowest BCUT2D eigenvalue weighted by Crippen LogP contribution is -2.28. The van der Waals surface area contributed by atoms with Crippen LogP contribution < -0.4 is 25.1 Å². The van der Waals surface area contributed by atoms with E-state index in [-0.39, 0.29) is 18.0 Å². The van der Waals surface area contributed by atoms with Gasteiger partial charge in [0.15, 0.2) is 16.7 Å². The number of methoxy groups -OCH3 is 2. The van der Waals surface area contributed by atoms with Crippen molar-refractivity contribution in [2.75, 3.05) is 26.1 Å². The van der Waals surface area contributed by atoms with Crippen LogP contribution in [0.4, 0.5) is 5.69 Å². The zero-order chi connectivity index (χ0) is 26.4. The summed E-state index contributed by atoms with van der Waals surface area (Å²) in [4.78, 5) is 31.7. The highest BCUT2D eigenvalue weighted by Crippen LogP contribution is 2.33. The number of benzene rings is 2. The second kappa shape index (κ2) is 11.9. The van der Waals surface area contributed by atoms with E-state index in [1.54, 1.807) is 42.7 Å². The molecule has 10 heteroatoms. The van der Waals surface area contributed by atoms with E-state index in [4.69, 9.17) is 23.6 Å². The Balaban J connectivity index is 1.74. The fourth-order valence-corrected chi connectivity index (χ4v) is 4.84. The highest BCUT2D eigenvalue weighted by Gasteiger charge is 2.24. The summed E-state index contributed by atoms with van der Waals surface area (Å²) < 4.78 is 23.4. The Morgan fingerprint density at radius 3 is 2.51 bits per heavy atom. The van der Waals surface area contributed by atoms with E-state index in [2.05, 4.69) is 5.32 Å². The normalized spacial score (nSPS) is 11.8. The molecule has 2 aromatic carbocycles. The largest absolute Gasteiger partial charge is 0.493 e. The number of furan rings is 1. The number of aromatic nitrogens is 2. The van der Waals surface area contributed by atoms with E-state index >= 15 is 0 Å². The summed E-state index contributed by atoms with van der Waals surface area (Å²) in [5.41, 5.74) is 0.754. The average Bonchev–Trinajstić information content (AvgIpc) is 3.43. The second-order valence-corrected chi connectivity index (χ2v) is 9.19. The van der Waals surface area contributed by atoms with Gasteiger partial charge in [-0.15, -0.1) is 0 Å². The molecule has 9 nitrogen and oxygen atoms in total. The fraction of sp³-hybridized carbons (Fsp3) is 0.296. The Bertz CT molecular complexity index is 1430. The Hall–Kier alpha value is -3.92. The number of nitrogens with zero attached hydrogens (tertiary/aromatic N) is 2. The molecular formula is C27H29N3O6S. The summed E-state index contributed by atoms with van der Waals surface area (Å²) in [6.07, 6.45) is 2.06. The van der Waals surface area contributed by atoms with Crippen molar-refractivity contribution >= 4 is 34.3 Å². The molecule has 1 N–H and O–H groups in total. The van der Waals surface area contributed by atoms with Crippen molar-refractivity contribution in [2.45, 2.75) is 37.2 Å². The predicted octanol–water partition coefficient (Wildman–Crippen LogP) is 4.96. The molecule has 0 saturated heterocycles. The number of anilines is 1. The number of amides is 1. The molecule has 1 atom stereocenters. The lowest BCUT2D eigenvalue weighted by atomic mass is 10.2. The topological polar surface area (TPSA) is 105 Å². The smallest absolute Gasteiger partial charge is 0.262 e. The lowest BCUT2D eigenvalue weighted by molar-refractivity contribution is -0.115. The number of fused-ring (bicyclic) bond motifs is 1. The molecule has 2 heterocycles. The number of carbonyl (C=O) groups excluding carboxylic acids is 1. The maximum atomic E-state index is 13.6. The van der Waals surface area contributed by atoms with E-state index in [0.717, 1.165) is 0 Å². The summed E-state index contributed by atoms with van der Waals surface area (Å²) in [7, 11) is 3.03. The van der Waals surface area contributed by atoms with Gasteiger partial charge in [0.2, 0.25) is 5.91 Å². The van der Waals surface area contributed by atoms with Gasteiger partial charge in [0, 0.05) is 6.07 Å². The summed E-state index contributed by atoms with van der Waals surface area (Å²) >= 11 is 1.22. The fourth-order valence-electron chi connectivity index (χ4n) is 3.83. The van der Waals surface area contributed by atoms with Gasteiger partial charge < -0.3 is 23.9 Å². The first-order chi connectivity index (χ1) is 18.0. The Morgan fingerprint density at radius 1 is 1.08 bits per heavy atom. The van der Waals surface area contributed by atoms with Crippen LogP contribution in [0.5, 0.6) is 17.2 Å². The predicted molar refractivity (Wildman–Crippen MR) is 143 cm³/mol. The summed E-state index contributed by atoms with van der Waals surface area (Å²) in [5.74, 6) is 1.86. The average molecular weight is 524 g/mol.